The van der Waals surface area contributed by atoms with Gasteiger partial charge < -0.3 is 4.74 Å². The zero-order valence-electron chi connectivity index (χ0n) is 18.2. The normalized spacial score (nSPS) is 15.3. The molecule has 0 bridgehead atoms. The largest absolute Gasteiger partial charge is 0.379 e. The van der Waals surface area contributed by atoms with Crippen molar-refractivity contribution in [2.75, 3.05) is 26.3 Å². The summed E-state index contributed by atoms with van der Waals surface area (Å²) in [6, 6.07) is 10.9. The fourth-order valence-corrected chi connectivity index (χ4v) is 5.05. The number of ether oxygens (including phenoxy) is 1. The molecule has 0 aliphatic carbocycles. The first-order valence-electron chi connectivity index (χ1n) is 10.3. The molecule has 31 heavy (non-hydrogen) atoms. The topological polar surface area (TPSA) is 88.1 Å². The first-order chi connectivity index (χ1) is 14.8. The monoisotopic (exact) mass is 443 g/mol. The van der Waals surface area contributed by atoms with Crippen molar-refractivity contribution in [2.45, 2.75) is 38.5 Å². The van der Waals surface area contributed by atoms with Crippen LogP contribution in [0.5, 0.6) is 0 Å². The number of carbonyl (C=O) groups is 1. The van der Waals surface area contributed by atoms with Gasteiger partial charge in [-0.15, -0.1) is 0 Å². The molecular formula is C23H29N3O4S. The fraction of sp³-hybridized carbons (Fsp3) is 0.391. The third-order valence-electron chi connectivity index (χ3n) is 5.29. The van der Waals surface area contributed by atoms with E-state index in [1.807, 2.05) is 20.8 Å². The van der Waals surface area contributed by atoms with Crippen LogP contribution < -0.4 is 5.43 Å². The van der Waals surface area contributed by atoms with E-state index >= 15 is 0 Å². The Hall–Kier alpha value is -2.55. The highest BCUT2D eigenvalue weighted by molar-refractivity contribution is 7.89. The number of hydrogen-bond donors (Lipinski definition) is 1. The van der Waals surface area contributed by atoms with Gasteiger partial charge in [0.25, 0.3) is 0 Å². The zero-order valence-corrected chi connectivity index (χ0v) is 19.0. The van der Waals surface area contributed by atoms with E-state index in [1.54, 1.807) is 30.5 Å². The first kappa shape index (κ1) is 23.1. The fourth-order valence-electron chi connectivity index (χ4n) is 3.64. The number of amides is 1. The number of morpholine rings is 1. The molecular weight excluding hydrogens is 414 g/mol. The lowest BCUT2D eigenvalue weighted by atomic mass is 10.0. The van der Waals surface area contributed by atoms with Crippen LogP contribution in [0.3, 0.4) is 0 Å². The van der Waals surface area contributed by atoms with Gasteiger partial charge in [-0.25, -0.2) is 13.8 Å². The molecule has 1 amide bonds. The SMILES string of the molecule is Cc1cc(C)c(/C=N/NC(=O)CCc2ccc(S(=O)(=O)N3CCOCC3)cc2)c(C)c1. The highest BCUT2D eigenvalue weighted by Gasteiger charge is 2.26. The van der Waals surface area contributed by atoms with Crippen LogP contribution >= 0.6 is 0 Å². The summed E-state index contributed by atoms with van der Waals surface area (Å²) in [5.74, 6) is -0.191. The lowest BCUT2D eigenvalue weighted by Crippen LogP contribution is -2.40. The predicted octanol–water partition coefficient (Wildman–Crippen LogP) is 2.72. The second-order valence-electron chi connectivity index (χ2n) is 7.77. The van der Waals surface area contributed by atoms with Gasteiger partial charge in [0.2, 0.25) is 15.9 Å². The van der Waals surface area contributed by atoms with E-state index in [1.165, 1.54) is 9.87 Å². The van der Waals surface area contributed by atoms with Crippen LogP contribution in [0.25, 0.3) is 0 Å². The minimum absolute atomic E-state index is 0.191. The average Bonchev–Trinajstić information content (AvgIpc) is 2.75. The summed E-state index contributed by atoms with van der Waals surface area (Å²) in [6.07, 6.45) is 2.44. The molecule has 0 atom stereocenters. The minimum atomic E-state index is -3.50. The zero-order chi connectivity index (χ0) is 22.4. The number of nitrogens with zero attached hydrogens (tertiary/aromatic N) is 2. The van der Waals surface area contributed by atoms with Crippen LogP contribution in [0.4, 0.5) is 0 Å². The van der Waals surface area contributed by atoms with Crippen LogP contribution in [0.2, 0.25) is 0 Å². The maximum atomic E-state index is 12.7. The molecule has 0 aromatic heterocycles. The van der Waals surface area contributed by atoms with Gasteiger partial charge in [0, 0.05) is 25.1 Å². The Bertz CT molecular complexity index is 1030. The summed E-state index contributed by atoms with van der Waals surface area (Å²) in [7, 11) is -3.50. The van der Waals surface area contributed by atoms with E-state index < -0.39 is 10.0 Å². The summed E-state index contributed by atoms with van der Waals surface area (Å²) in [5.41, 5.74) is 7.88. The first-order valence-corrected chi connectivity index (χ1v) is 11.8. The average molecular weight is 444 g/mol. The number of hydrazone groups is 1. The standard InChI is InChI=1S/C23H29N3O4S/c1-17-14-18(2)22(19(3)15-17)16-24-25-23(27)9-6-20-4-7-21(8-5-20)31(28,29)26-10-12-30-13-11-26/h4-5,7-8,14-16H,6,9-13H2,1-3H3,(H,25,27)/b24-16+. The quantitative estimate of drug-likeness (QED) is 0.526. The summed E-state index contributed by atoms with van der Waals surface area (Å²) in [4.78, 5) is 12.4. The van der Waals surface area contributed by atoms with Crippen LogP contribution in [0, 0.1) is 20.8 Å². The molecule has 0 radical (unpaired) electrons. The van der Waals surface area contributed by atoms with Crippen molar-refractivity contribution in [3.8, 4) is 0 Å². The molecule has 1 heterocycles. The van der Waals surface area contributed by atoms with Crippen LogP contribution in [-0.2, 0) is 26.0 Å². The smallest absolute Gasteiger partial charge is 0.243 e. The maximum Gasteiger partial charge on any atom is 0.243 e. The van der Waals surface area contributed by atoms with Crippen LogP contribution in [0.1, 0.15) is 34.2 Å². The molecule has 8 heteroatoms. The Labute approximate surface area is 184 Å². The Balaban J connectivity index is 1.52. The molecule has 2 aromatic rings. The molecule has 0 saturated carbocycles. The second-order valence-corrected chi connectivity index (χ2v) is 9.70. The third kappa shape index (κ3) is 6.00. The van der Waals surface area contributed by atoms with Gasteiger partial charge in [-0.2, -0.15) is 9.41 Å². The number of rotatable bonds is 7. The van der Waals surface area contributed by atoms with Gasteiger partial charge in [0.1, 0.15) is 0 Å². The number of nitrogens with one attached hydrogen (secondary N) is 1. The number of hydrogen-bond acceptors (Lipinski definition) is 5. The summed E-state index contributed by atoms with van der Waals surface area (Å²) < 4.78 is 32.0. The van der Waals surface area contributed by atoms with E-state index in [2.05, 4.69) is 22.7 Å². The summed E-state index contributed by atoms with van der Waals surface area (Å²) in [5, 5.41) is 4.08. The van der Waals surface area contributed by atoms with E-state index in [4.69, 9.17) is 4.74 Å². The van der Waals surface area contributed by atoms with E-state index in [0.717, 1.165) is 22.3 Å². The molecule has 1 N–H and O–H groups in total. The number of carbonyl (C=O) groups excluding carboxylic acids is 1. The van der Waals surface area contributed by atoms with Crippen molar-refractivity contribution in [1.82, 2.24) is 9.73 Å². The molecule has 1 fully saturated rings. The molecule has 0 unspecified atom stereocenters. The molecule has 1 aliphatic rings. The Kier molecular flexibility index (Phi) is 7.59. The highest BCUT2D eigenvalue weighted by atomic mass is 32.2. The van der Waals surface area contributed by atoms with Gasteiger partial charge in [-0.3, -0.25) is 4.79 Å². The molecule has 2 aromatic carbocycles. The Morgan fingerprint density at radius 3 is 2.32 bits per heavy atom. The van der Waals surface area contributed by atoms with Gasteiger partial charge >= 0.3 is 0 Å². The molecule has 166 valence electrons. The van der Waals surface area contributed by atoms with Crippen molar-refractivity contribution in [3.05, 3.63) is 64.2 Å². The lowest BCUT2D eigenvalue weighted by Gasteiger charge is -2.26. The number of benzene rings is 2. The molecule has 1 saturated heterocycles. The molecule has 3 rings (SSSR count). The van der Waals surface area contributed by atoms with E-state index in [-0.39, 0.29) is 17.2 Å². The van der Waals surface area contributed by atoms with Gasteiger partial charge in [-0.05, 0) is 56.0 Å². The summed E-state index contributed by atoms with van der Waals surface area (Å²) in [6.45, 7) is 7.65. The van der Waals surface area contributed by atoms with Crippen molar-refractivity contribution < 1.29 is 17.9 Å². The molecule has 1 aliphatic heterocycles. The van der Waals surface area contributed by atoms with Crippen molar-refractivity contribution in [3.63, 3.8) is 0 Å². The Morgan fingerprint density at radius 1 is 1.10 bits per heavy atom. The van der Waals surface area contributed by atoms with Gasteiger partial charge in [0.05, 0.1) is 24.3 Å². The lowest BCUT2D eigenvalue weighted by molar-refractivity contribution is -0.121. The van der Waals surface area contributed by atoms with Crippen molar-refractivity contribution in [2.24, 2.45) is 5.10 Å². The number of sulfonamides is 1. The summed E-state index contributed by atoms with van der Waals surface area (Å²) >= 11 is 0. The number of aryl methyl sites for hydroxylation is 4. The highest BCUT2D eigenvalue weighted by Crippen LogP contribution is 2.18. The van der Waals surface area contributed by atoms with Crippen molar-refractivity contribution >= 4 is 22.1 Å². The van der Waals surface area contributed by atoms with E-state index in [0.29, 0.717) is 32.7 Å². The van der Waals surface area contributed by atoms with E-state index in [9.17, 15) is 13.2 Å². The Morgan fingerprint density at radius 2 is 1.71 bits per heavy atom. The predicted molar refractivity (Wildman–Crippen MR) is 121 cm³/mol. The maximum absolute atomic E-state index is 12.7. The van der Waals surface area contributed by atoms with Gasteiger partial charge in [0.15, 0.2) is 0 Å². The van der Waals surface area contributed by atoms with Crippen LogP contribution in [0.15, 0.2) is 46.4 Å². The molecule has 0 spiro atoms. The second kappa shape index (κ2) is 10.2. The van der Waals surface area contributed by atoms with Gasteiger partial charge in [-0.1, -0.05) is 29.8 Å². The van der Waals surface area contributed by atoms with Crippen molar-refractivity contribution in [1.29, 1.82) is 0 Å². The third-order valence-corrected chi connectivity index (χ3v) is 7.21. The van der Waals surface area contributed by atoms with Crippen LogP contribution in [-0.4, -0.2) is 51.1 Å². The minimum Gasteiger partial charge on any atom is -0.379 e. The molecule has 7 nitrogen and oxygen atoms in total.